The van der Waals surface area contributed by atoms with Crippen LogP contribution in [0.1, 0.15) is 51.5 Å². The van der Waals surface area contributed by atoms with Gasteiger partial charge in [-0.25, -0.2) is 0 Å². The molecule has 1 amide bonds. The molecule has 1 aliphatic heterocycles. The highest BCUT2D eigenvalue weighted by Gasteiger charge is 2.34. The van der Waals surface area contributed by atoms with E-state index in [1.165, 1.54) is 12.5 Å². The molecule has 1 aromatic rings. The maximum atomic E-state index is 12.7. The largest absolute Gasteiger partial charge is 0.391 e. The van der Waals surface area contributed by atoms with E-state index in [-0.39, 0.29) is 5.91 Å². The molecule has 6 unspecified atom stereocenters. The second-order valence-corrected chi connectivity index (χ2v) is 11.2. The minimum absolute atomic E-state index is 0.280. The minimum Gasteiger partial charge on any atom is -0.391 e. The third kappa shape index (κ3) is 13.2. The standard InChI is InChI=1S/C19H35ClN2O6S.C8H11N/c1-11(20)15(18(27)28-19(29-3)16(25)12(2)24)22-17(26)14-7-6-13(5-4-10-23)8-9-21-14;1-9-7-8-5-3-2-4-6-8/h10-16,18-19,21,24-25,27H,4-9H2,1-3H3,(H,22,26);2-6,9H,7H2,1H3/t11?,12-,13?,14?,15?,16?,18-,19?;/m1./s1. The van der Waals surface area contributed by atoms with Gasteiger partial charge in [0, 0.05) is 13.0 Å². The first-order chi connectivity index (χ1) is 18.1. The molecule has 218 valence electrons. The molecule has 1 aromatic carbocycles. The zero-order valence-corrected chi connectivity index (χ0v) is 24.5. The third-order valence-corrected chi connectivity index (χ3v) is 7.56. The van der Waals surface area contributed by atoms with Crippen LogP contribution in [0.15, 0.2) is 30.3 Å². The highest BCUT2D eigenvalue weighted by Crippen LogP contribution is 2.22. The van der Waals surface area contributed by atoms with E-state index in [4.69, 9.17) is 16.3 Å². The summed E-state index contributed by atoms with van der Waals surface area (Å²) in [5, 5.41) is 38.4. The Labute approximate surface area is 236 Å². The van der Waals surface area contributed by atoms with Crippen molar-refractivity contribution in [1.29, 1.82) is 0 Å². The molecule has 8 atom stereocenters. The van der Waals surface area contributed by atoms with E-state index in [2.05, 4.69) is 28.1 Å². The van der Waals surface area contributed by atoms with Crippen LogP contribution < -0.4 is 16.0 Å². The maximum Gasteiger partial charge on any atom is 0.237 e. The summed E-state index contributed by atoms with van der Waals surface area (Å²) < 4.78 is 5.48. The van der Waals surface area contributed by atoms with Crippen LogP contribution in [0.5, 0.6) is 0 Å². The van der Waals surface area contributed by atoms with Crippen LogP contribution in [0.25, 0.3) is 0 Å². The van der Waals surface area contributed by atoms with Crippen LogP contribution in [0.3, 0.4) is 0 Å². The summed E-state index contributed by atoms with van der Waals surface area (Å²) in [5.74, 6) is 0.129. The van der Waals surface area contributed by atoms with Crippen molar-refractivity contribution in [2.45, 2.75) is 93.9 Å². The monoisotopic (exact) mass is 575 g/mol. The topological polar surface area (TPSA) is 140 Å². The Kier molecular flexibility index (Phi) is 18.1. The van der Waals surface area contributed by atoms with Gasteiger partial charge in [-0.15, -0.1) is 23.4 Å². The number of nitrogens with one attached hydrogen (secondary N) is 3. The van der Waals surface area contributed by atoms with Gasteiger partial charge in [0.05, 0.1) is 23.6 Å². The van der Waals surface area contributed by atoms with Crippen LogP contribution in [0.4, 0.5) is 0 Å². The molecular weight excluding hydrogens is 530 g/mol. The fourth-order valence-corrected chi connectivity index (χ4v) is 5.05. The van der Waals surface area contributed by atoms with E-state index in [0.29, 0.717) is 25.3 Å². The summed E-state index contributed by atoms with van der Waals surface area (Å²) >= 11 is 7.31. The number of ether oxygens (including phenoxy) is 1. The number of aldehydes is 1. The number of hydrogen-bond acceptors (Lipinski definition) is 9. The number of amides is 1. The molecule has 1 saturated heterocycles. The molecule has 0 spiro atoms. The summed E-state index contributed by atoms with van der Waals surface area (Å²) in [5.41, 5.74) is 0.453. The second-order valence-electron chi connectivity index (χ2n) is 9.57. The molecule has 11 heteroatoms. The summed E-state index contributed by atoms with van der Waals surface area (Å²) in [6.45, 7) is 4.69. The normalized spacial score (nSPS) is 22.4. The lowest BCUT2D eigenvalue weighted by Gasteiger charge is -2.32. The van der Waals surface area contributed by atoms with Gasteiger partial charge in [0.15, 0.2) is 6.29 Å². The zero-order chi connectivity index (χ0) is 28.5. The molecule has 0 radical (unpaired) electrons. The van der Waals surface area contributed by atoms with E-state index in [1.54, 1.807) is 13.2 Å². The molecule has 1 fully saturated rings. The molecule has 9 nitrogen and oxygen atoms in total. The average Bonchev–Trinajstić information content (AvgIpc) is 3.15. The number of alkyl halides is 1. The smallest absolute Gasteiger partial charge is 0.237 e. The van der Waals surface area contributed by atoms with Gasteiger partial charge in [0.1, 0.15) is 17.8 Å². The van der Waals surface area contributed by atoms with Crippen molar-refractivity contribution < 1.29 is 29.6 Å². The van der Waals surface area contributed by atoms with Crippen molar-refractivity contribution in [2.24, 2.45) is 5.92 Å². The molecule has 2 rings (SSSR count). The van der Waals surface area contributed by atoms with E-state index >= 15 is 0 Å². The lowest BCUT2D eigenvalue weighted by molar-refractivity contribution is -0.165. The fraction of sp³-hybridized carbons (Fsp3) is 0.704. The van der Waals surface area contributed by atoms with Crippen molar-refractivity contribution in [3.63, 3.8) is 0 Å². The summed E-state index contributed by atoms with van der Waals surface area (Å²) in [7, 11) is 1.95. The average molecular weight is 576 g/mol. The molecular formula is C27H46ClN3O6S. The van der Waals surface area contributed by atoms with Gasteiger partial charge in [0.2, 0.25) is 5.91 Å². The Bertz CT molecular complexity index is 776. The molecule has 6 N–H and O–H groups in total. The van der Waals surface area contributed by atoms with Crippen LogP contribution in [-0.2, 0) is 20.9 Å². The number of carbonyl (C=O) groups is 2. The Balaban J connectivity index is 0.000000671. The van der Waals surface area contributed by atoms with Crippen LogP contribution >= 0.6 is 23.4 Å². The number of thioether (sulfide) groups is 1. The fourth-order valence-electron chi connectivity index (χ4n) is 4.13. The van der Waals surface area contributed by atoms with E-state index < -0.39 is 41.4 Å². The first-order valence-corrected chi connectivity index (χ1v) is 14.9. The first kappa shape index (κ1) is 34.8. The van der Waals surface area contributed by atoms with Crippen molar-refractivity contribution in [3.05, 3.63) is 35.9 Å². The molecule has 0 bridgehead atoms. The van der Waals surface area contributed by atoms with Gasteiger partial charge in [-0.05, 0) is 70.9 Å². The van der Waals surface area contributed by atoms with E-state index in [9.17, 15) is 24.9 Å². The van der Waals surface area contributed by atoms with Gasteiger partial charge in [-0.2, -0.15) is 0 Å². The highest BCUT2D eigenvalue weighted by atomic mass is 35.5. The Morgan fingerprint density at radius 2 is 1.89 bits per heavy atom. The summed E-state index contributed by atoms with van der Waals surface area (Å²) in [6, 6.07) is 9.03. The molecule has 0 aromatic heterocycles. The van der Waals surface area contributed by atoms with Crippen molar-refractivity contribution >= 4 is 35.6 Å². The zero-order valence-electron chi connectivity index (χ0n) is 22.9. The van der Waals surface area contributed by atoms with E-state index in [1.807, 2.05) is 25.2 Å². The van der Waals surface area contributed by atoms with Crippen molar-refractivity contribution in [2.75, 3.05) is 19.8 Å². The van der Waals surface area contributed by atoms with Crippen LogP contribution in [0.2, 0.25) is 0 Å². The molecule has 1 heterocycles. The first-order valence-electron chi connectivity index (χ1n) is 13.2. The number of carbonyl (C=O) groups excluding carboxylic acids is 2. The predicted molar refractivity (Wildman–Crippen MR) is 153 cm³/mol. The third-order valence-electron chi connectivity index (χ3n) is 6.43. The van der Waals surface area contributed by atoms with Gasteiger partial charge in [-0.1, -0.05) is 30.3 Å². The number of aliphatic hydroxyl groups is 3. The SMILES string of the molecule is CNCc1ccccc1.CSC(O[C@@H](O)C(NC(=O)C1CCC(CCC=O)CCN1)C(C)Cl)C(O)[C@@H](C)O. The Hall–Kier alpha value is -1.24. The van der Waals surface area contributed by atoms with E-state index in [0.717, 1.165) is 43.9 Å². The predicted octanol–water partition coefficient (Wildman–Crippen LogP) is 2.01. The number of halogens is 1. The van der Waals surface area contributed by atoms with Gasteiger partial charge >= 0.3 is 0 Å². The van der Waals surface area contributed by atoms with Gasteiger partial charge < -0.3 is 40.8 Å². The molecule has 0 aliphatic carbocycles. The van der Waals surface area contributed by atoms with Crippen LogP contribution in [0, 0.1) is 5.92 Å². The second kappa shape index (κ2) is 19.8. The Morgan fingerprint density at radius 3 is 2.45 bits per heavy atom. The summed E-state index contributed by atoms with van der Waals surface area (Å²) in [4.78, 5) is 23.3. The van der Waals surface area contributed by atoms with Gasteiger partial charge in [-0.3, -0.25) is 4.79 Å². The van der Waals surface area contributed by atoms with Crippen molar-refractivity contribution in [3.8, 4) is 0 Å². The number of rotatable bonds is 14. The maximum absolute atomic E-state index is 12.7. The van der Waals surface area contributed by atoms with Crippen molar-refractivity contribution in [1.82, 2.24) is 16.0 Å². The Morgan fingerprint density at radius 1 is 1.21 bits per heavy atom. The minimum atomic E-state index is -1.46. The molecule has 0 saturated carbocycles. The number of aliphatic hydroxyl groups excluding tert-OH is 3. The highest BCUT2D eigenvalue weighted by molar-refractivity contribution is 7.99. The van der Waals surface area contributed by atoms with Gasteiger partial charge in [0.25, 0.3) is 0 Å². The number of hydrogen-bond donors (Lipinski definition) is 6. The molecule has 38 heavy (non-hydrogen) atoms. The lowest BCUT2D eigenvalue weighted by Crippen LogP contribution is -2.55. The quantitative estimate of drug-likeness (QED) is 0.112. The lowest BCUT2D eigenvalue weighted by atomic mass is 9.94. The summed E-state index contributed by atoms with van der Waals surface area (Å²) in [6.07, 6.45) is 2.65. The van der Waals surface area contributed by atoms with Crippen LogP contribution in [-0.4, -0.2) is 88.8 Å². The number of benzene rings is 1. The molecule has 1 aliphatic rings.